The lowest BCUT2D eigenvalue weighted by Gasteiger charge is -2.48. The summed E-state index contributed by atoms with van der Waals surface area (Å²) in [6, 6.07) is 9.95. The lowest BCUT2D eigenvalue weighted by atomic mass is 10.1. The van der Waals surface area contributed by atoms with E-state index in [1.807, 2.05) is 44.2 Å². The molecule has 0 radical (unpaired) electrons. The maximum Gasteiger partial charge on any atom is 0.308 e. The van der Waals surface area contributed by atoms with Crippen molar-refractivity contribution in [2.45, 2.75) is 90.1 Å². The number of hydrogen-bond acceptors (Lipinski definition) is 4. The Morgan fingerprint density at radius 3 is 2.37 bits per heavy atom. The first-order valence-electron chi connectivity index (χ1n) is 11.2. The van der Waals surface area contributed by atoms with Gasteiger partial charge in [0.15, 0.2) is 11.7 Å². The number of nitrogens with one attached hydrogen (secondary N) is 4. The van der Waals surface area contributed by atoms with E-state index in [1.165, 1.54) is 38.5 Å². The molecule has 7 nitrogen and oxygen atoms in total. The van der Waals surface area contributed by atoms with Crippen LogP contribution >= 0.6 is 0 Å². The Balaban J connectivity index is 1.97. The zero-order valence-electron chi connectivity index (χ0n) is 18.8. The number of unbranched alkanes of at least 4 members (excludes halogenated alkanes) is 6. The molecular weight excluding hydrogens is 378 g/mol. The van der Waals surface area contributed by atoms with Crippen molar-refractivity contribution in [1.29, 1.82) is 0 Å². The highest BCUT2D eigenvalue weighted by molar-refractivity contribution is 5.83. The molecule has 1 aliphatic rings. The monoisotopic (exact) mass is 417 g/mol. The SMILES string of the molecule is CCCCCCCCCN=C1NC(C)(C)NC(CC(=O)O)(NCc2ccccc2)N1. The van der Waals surface area contributed by atoms with Gasteiger partial charge in [0.1, 0.15) is 0 Å². The van der Waals surface area contributed by atoms with Crippen LogP contribution in [0.3, 0.4) is 0 Å². The number of carbonyl (C=O) groups is 1. The molecule has 1 fully saturated rings. The molecule has 0 spiro atoms. The Morgan fingerprint density at radius 2 is 1.70 bits per heavy atom. The zero-order valence-corrected chi connectivity index (χ0v) is 18.8. The van der Waals surface area contributed by atoms with Crippen molar-refractivity contribution in [3.05, 3.63) is 35.9 Å². The summed E-state index contributed by atoms with van der Waals surface area (Å²) >= 11 is 0. The summed E-state index contributed by atoms with van der Waals surface area (Å²) < 4.78 is 0. The molecule has 1 aliphatic heterocycles. The fourth-order valence-corrected chi connectivity index (χ4v) is 3.78. The first kappa shape index (κ1) is 24.2. The Morgan fingerprint density at radius 1 is 1.03 bits per heavy atom. The highest BCUT2D eigenvalue weighted by atomic mass is 16.4. The topological polar surface area (TPSA) is 97.8 Å². The number of aliphatic carboxylic acids is 1. The van der Waals surface area contributed by atoms with E-state index in [9.17, 15) is 9.90 Å². The molecule has 0 aliphatic carbocycles. The van der Waals surface area contributed by atoms with Crippen LogP contribution < -0.4 is 21.3 Å². The highest BCUT2D eigenvalue weighted by Gasteiger charge is 2.42. The van der Waals surface area contributed by atoms with Crippen molar-refractivity contribution in [1.82, 2.24) is 21.3 Å². The maximum atomic E-state index is 11.6. The zero-order chi connectivity index (χ0) is 21.9. The molecule has 0 saturated carbocycles. The van der Waals surface area contributed by atoms with Gasteiger partial charge in [-0.05, 0) is 25.8 Å². The van der Waals surface area contributed by atoms with Crippen molar-refractivity contribution in [2.24, 2.45) is 4.99 Å². The van der Waals surface area contributed by atoms with Crippen molar-refractivity contribution >= 4 is 11.9 Å². The summed E-state index contributed by atoms with van der Waals surface area (Å²) in [6.45, 7) is 7.46. The molecule has 0 amide bonds. The van der Waals surface area contributed by atoms with Crippen molar-refractivity contribution in [3.63, 3.8) is 0 Å². The molecule has 5 N–H and O–H groups in total. The summed E-state index contributed by atoms with van der Waals surface area (Å²) in [5.41, 5.74) is 0.576. The van der Waals surface area contributed by atoms with E-state index in [0.29, 0.717) is 12.5 Å². The highest BCUT2D eigenvalue weighted by Crippen LogP contribution is 2.15. The van der Waals surface area contributed by atoms with Crippen LogP contribution in [0.1, 0.15) is 77.7 Å². The third kappa shape index (κ3) is 8.71. The van der Waals surface area contributed by atoms with Crippen LogP contribution in [-0.2, 0) is 11.3 Å². The minimum Gasteiger partial charge on any atom is -0.481 e. The Labute approximate surface area is 181 Å². The van der Waals surface area contributed by atoms with E-state index >= 15 is 0 Å². The van der Waals surface area contributed by atoms with Gasteiger partial charge in [-0.1, -0.05) is 75.8 Å². The molecule has 1 aromatic rings. The Hall–Kier alpha value is -2.12. The van der Waals surface area contributed by atoms with Gasteiger partial charge in [-0.25, -0.2) is 0 Å². The first-order valence-corrected chi connectivity index (χ1v) is 11.2. The number of guanidine groups is 1. The minimum absolute atomic E-state index is 0.124. The summed E-state index contributed by atoms with van der Waals surface area (Å²) in [7, 11) is 0. The number of carboxylic acids is 1. The van der Waals surface area contributed by atoms with Crippen molar-refractivity contribution in [3.8, 4) is 0 Å². The molecule has 30 heavy (non-hydrogen) atoms. The average molecular weight is 418 g/mol. The van der Waals surface area contributed by atoms with Gasteiger partial charge >= 0.3 is 5.97 Å². The molecule has 1 saturated heterocycles. The molecule has 1 aromatic carbocycles. The molecule has 0 bridgehead atoms. The quantitative estimate of drug-likeness (QED) is 0.315. The third-order valence-electron chi connectivity index (χ3n) is 5.17. The number of rotatable bonds is 13. The molecule has 7 heteroatoms. The van der Waals surface area contributed by atoms with Crippen LogP contribution in [0.2, 0.25) is 0 Å². The maximum absolute atomic E-state index is 11.6. The Bertz CT molecular complexity index is 677. The van der Waals surface area contributed by atoms with Gasteiger partial charge in [-0.2, -0.15) is 0 Å². The van der Waals surface area contributed by atoms with E-state index in [4.69, 9.17) is 4.99 Å². The smallest absolute Gasteiger partial charge is 0.308 e. The van der Waals surface area contributed by atoms with Gasteiger partial charge in [0.25, 0.3) is 0 Å². The van der Waals surface area contributed by atoms with Gasteiger partial charge in [0.2, 0.25) is 0 Å². The van der Waals surface area contributed by atoms with Crippen LogP contribution in [0.15, 0.2) is 35.3 Å². The predicted octanol–water partition coefficient (Wildman–Crippen LogP) is 3.53. The molecule has 0 aromatic heterocycles. The number of hydrogen-bond donors (Lipinski definition) is 5. The van der Waals surface area contributed by atoms with Gasteiger partial charge in [-0.15, -0.1) is 0 Å². The fraction of sp³-hybridized carbons (Fsp3) is 0.652. The summed E-state index contributed by atoms with van der Waals surface area (Å²) in [5, 5.41) is 22.9. The second-order valence-corrected chi connectivity index (χ2v) is 8.67. The molecule has 1 unspecified atom stereocenters. The van der Waals surface area contributed by atoms with Crippen LogP contribution in [0.25, 0.3) is 0 Å². The van der Waals surface area contributed by atoms with Gasteiger partial charge in [0, 0.05) is 13.1 Å². The van der Waals surface area contributed by atoms with E-state index < -0.39 is 17.4 Å². The van der Waals surface area contributed by atoms with Gasteiger partial charge in [-0.3, -0.25) is 20.4 Å². The van der Waals surface area contributed by atoms with Gasteiger partial charge in [0.05, 0.1) is 12.1 Å². The van der Waals surface area contributed by atoms with Crippen molar-refractivity contribution < 1.29 is 9.90 Å². The van der Waals surface area contributed by atoms with E-state index in [0.717, 1.165) is 18.5 Å². The number of benzene rings is 1. The fourth-order valence-electron chi connectivity index (χ4n) is 3.78. The lowest BCUT2D eigenvalue weighted by Crippen LogP contribution is -2.81. The van der Waals surface area contributed by atoms with E-state index in [1.54, 1.807) is 0 Å². The summed E-state index contributed by atoms with van der Waals surface area (Å²) in [4.78, 5) is 16.3. The van der Waals surface area contributed by atoms with Crippen LogP contribution in [0, 0.1) is 0 Å². The molecule has 2 rings (SSSR count). The van der Waals surface area contributed by atoms with E-state index in [2.05, 4.69) is 28.2 Å². The van der Waals surface area contributed by atoms with Crippen LogP contribution in [-0.4, -0.2) is 35.0 Å². The summed E-state index contributed by atoms with van der Waals surface area (Å²) in [5.74, 6) is -1.25. The van der Waals surface area contributed by atoms with Crippen LogP contribution in [0.5, 0.6) is 0 Å². The minimum atomic E-state index is -0.991. The predicted molar refractivity (Wildman–Crippen MR) is 122 cm³/mol. The number of carboxylic acid groups (broad SMARTS) is 1. The van der Waals surface area contributed by atoms with Crippen LogP contribution in [0.4, 0.5) is 0 Å². The second kappa shape index (κ2) is 11.9. The molecule has 1 heterocycles. The first-order chi connectivity index (χ1) is 14.3. The standard InChI is InChI=1S/C23H39N5O2/c1-4-5-6-7-8-9-13-16-24-21-26-22(2,3)28-23(27-21,17-20(29)30)25-18-19-14-11-10-12-15-19/h10-12,14-15,25,28H,4-9,13,16-18H2,1-3H3,(H,29,30)(H2,24,26,27). The third-order valence-corrected chi connectivity index (χ3v) is 5.17. The molecule has 1 atom stereocenters. The number of nitrogens with zero attached hydrogens (tertiary/aromatic N) is 1. The average Bonchev–Trinajstić information content (AvgIpc) is 2.67. The van der Waals surface area contributed by atoms with Gasteiger partial charge < -0.3 is 15.7 Å². The Kier molecular flexibility index (Phi) is 9.59. The second-order valence-electron chi connectivity index (χ2n) is 8.67. The van der Waals surface area contributed by atoms with Crippen molar-refractivity contribution in [2.75, 3.05) is 6.54 Å². The number of aliphatic imine (C=N–C) groups is 1. The largest absolute Gasteiger partial charge is 0.481 e. The summed E-state index contributed by atoms with van der Waals surface area (Å²) in [6.07, 6.45) is 8.54. The normalized spacial score (nSPS) is 21.8. The molecular formula is C23H39N5O2. The molecule has 168 valence electrons. The van der Waals surface area contributed by atoms with E-state index in [-0.39, 0.29) is 6.42 Å². The lowest BCUT2D eigenvalue weighted by molar-refractivity contribution is -0.140.